The quantitative estimate of drug-likeness (QED) is 0.358. The van der Waals surface area contributed by atoms with Crippen molar-refractivity contribution in [2.24, 2.45) is 0 Å². The van der Waals surface area contributed by atoms with Gasteiger partial charge in [-0.25, -0.2) is 4.39 Å². The molecule has 0 spiro atoms. The van der Waals surface area contributed by atoms with Gasteiger partial charge in [-0.15, -0.1) is 0 Å². The van der Waals surface area contributed by atoms with Crippen LogP contribution in [0.5, 0.6) is 11.5 Å². The first-order valence-corrected chi connectivity index (χ1v) is 12.5. The van der Waals surface area contributed by atoms with Crippen molar-refractivity contribution in [3.05, 3.63) is 70.6 Å². The number of hydrogen-bond donors (Lipinski definition) is 3. The van der Waals surface area contributed by atoms with E-state index in [1.54, 1.807) is 18.2 Å². The number of halogens is 1. The summed E-state index contributed by atoms with van der Waals surface area (Å²) in [5.41, 5.74) is 1.63. The molecule has 11 heteroatoms. The second-order valence-electron chi connectivity index (χ2n) is 9.30. The fourth-order valence-electron chi connectivity index (χ4n) is 5.15. The maximum absolute atomic E-state index is 13.8. The molecule has 1 heterocycles. The summed E-state index contributed by atoms with van der Waals surface area (Å²) in [7, 11) is 2.78. The molecule has 0 saturated carbocycles. The van der Waals surface area contributed by atoms with E-state index in [1.165, 1.54) is 43.4 Å². The number of carbonyl (C=O) groups excluding carboxylic acids is 3. The van der Waals surface area contributed by atoms with Gasteiger partial charge >= 0.3 is 0 Å². The molecule has 2 amide bonds. The number of aliphatic hydroxyl groups excluding tert-OH is 2. The van der Waals surface area contributed by atoms with Crippen LogP contribution in [0.1, 0.15) is 27.4 Å². The van der Waals surface area contributed by atoms with Crippen molar-refractivity contribution in [2.45, 2.75) is 30.6 Å². The molecule has 0 fully saturated rings. The lowest BCUT2D eigenvalue weighted by atomic mass is 9.77. The Morgan fingerprint density at radius 1 is 1.23 bits per heavy atom. The molecule has 0 unspecified atom stereocenters. The number of benzene rings is 2. The number of ether oxygens (including phenoxy) is 3. The molecule has 3 N–H and O–H groups in total. The highest BCUT2D eigenvalue weighted by molar-refractivity contribution is 5.96. The van der Waals surface area contributed by atoms with Crippen LogP contribution in [-0.4, -0.2) is 92.0 Å². The highest BCUT2D eigenvalue weighted by atomic mass is 19.1. The third-order valence-electron chi connectivity index (χ3n) is 6.89. The fourth-order valence-corrected chi connectivity index (χ4v) is 5.15. The van der Waals surface area contributed by atoms with E-state index >= 15 is 0 Å². The van der Waals surface area contributed by atoms with E-state index in [-0.39, 0.29) is 49.8 Å². The minimum atomic E-state index is -1.28. The maximum atomic E-state index is 13.8. The van der Waals surface area contributed by atoms with Crippen molar-refractivity contribution in [3.8, 4) is 11.5 Å². The van der Waals surface area contributed by atoms with Crippen LogP contribution in [0.3, 0.4) is 0 Å². The molecule has 2 aromatic rings. The third kappa shape index (κ3) is 5.80. The Kier molecular flexibility index (Phi) is 8.95. The molecule has 0 bridgehead atoms. The Morgan fingerprint density at radius 3 is 2.69 bits per heavy atom. The lowest BCUT2D eigenvalue weighted by molar-refractivity contribution is -0.141. The summed E-state index contributed by atoms with van der Waals surface area (Å²) >= 11 is 0. The molecule has 39 heavy (non-hydrogen) atoms. The topological polar surface area (TPSA) is 135 Å². The molecule has 0 aromatic heterocycles. The number of fused-ring (bicyclic) bond motifs is 3. The molecule has 2 aromatic carbocycles. The molecule has 0 saturated heterocycles. The van der Waals surface area contributed by atoms with Crippen molar-refractivity contribution in [2.75, 3.05) is 40.5 Å². The first-order valence-electron chi connectivity index (χ1n) is 12.5. The Labute approximate surface area is 225 Å². The average Bonchev–Trinajstić information content (AvgIpc) is 3.32. The summed E-state index contributed by atoms with van der Waals surface area (Å²) in [5.74, 6) is -1.60. The molecular formula is C28H31FN2O8. The van der Waals surface area contributed by atoms with E-state index in [4.69, 9.17) is 14.2 Å². The number of nitrogens with one attached hydrogen (secondary N) is 1. The minimum Gasteiger partial charge on any atom is -0.493 e. The van der Waals surface area contributed by atoms with Crippen LogP contribution in [0.15, 0.2) is 48.0 Å². The molecule has 0 radical (unpaired) electrons. The lowest BCUT2D eigenvalue weighted by Crippen LogP contribution is -2.56. The largest absolute Gasteiger partial charge is 0.493 e. The Bertz CT molecular complexity index is 1270. The van der Waals surface area contributed by atoms with Gasteiger partial charge in [-0.05, 0) is 42.3 Å². The summed E-state index contributed by atoms with van der Waals surface area (Å²) in [6.45, 7) is -0.490. The van der Waals surface area contributed by atoms with Gasteiger partial charge in [0.05, 0.1) is 25.7 Å². The lowest BCUT2D eigenvalue weighted by Gasteiger charge is -2.40. The number of carbonyl (C=O) groups is 3. The molecule has 4 rings (SSSR count). The van der Waals surface area contributed by atoms with Gasteiger partial charge in [0.2, 0.25) is 11.8 Å². The van der Waals surface area contributed by atoms with Crippen molar-refractivity contribution in [3.63, 3.8) is 0 Å². The standard InChI is InChI=1S/C28H31FN2O8/c1-37-15-23(34)31(8-6-16-4-3-5-18(29)10-16)21-13-20(28(36)30-7-9-32)24-19-11-17(14-33)12-22(38-2)26(19)39-27(24)25(21)35/h3-5,10-14,21,24-25,27,32,35H,6-9,15H2,1-2H3,(H,30,36)/t21-,24+,25+,27+/m1/s1. The third-order valence-corrected chi connectivity index (χ3v) is 6.89. The number of nitrogens with zero attached hydrogens (tertiary/aromatic N) is 1. The molecule has 4 atom stereocenters. The smallest absolute Gasteiger partial charge is 0.249 e. The summed E-state index contributed by atoms with van der Waals surface area (Å²) in [6, 6.07) is 8.06. The summed E-state index contributed by atoms with van der Waals surface area (Å²) in [4.78, 5) is 39.5. The van der Waals surface area contributed by atoms with Crippen molar-refractivity contribution in [1.29, 1.82) is 0 Å². The number of aldehydes is 1. The van der Waals surface area contributed by atoms with Crippen LogP contribution in [-0.2, 0) is 20.7 Å². The van der Waals surface area contributed by atoms with Gasteiger partial charge < -0.3 is 34.6 Å². The maximum Gasteiger partial charge on any atom is 0.249 e. The van der Waals surface area contributed by atoms with E-state index in [1.807, 2.05) is 0 Å². The Morgan fingerprint density at radius 2 is 2.03 bits per heavy atom. The highest BCUT2D eigenvalue weighted by Crippen LogP contribution is 2.51. The van der Waals surface area contributed by atoms with Crippen LogP contribution < -0.4 is 14.8 Å². The fraction of sp³-hybridized carbons (Fsp3) is 0.393. The van der Waals surface area contributed by atoms with Crippen LogP contribution in [0.25, 0.3) is 0 Å². The SMILES string of the molecule is COCC(=O)N(CCc1cccc(F)c1)[C@@H]1C=C(C(=O)NCCO)[C@@H]2c3cc(C=O)cc(OC)c3O[C@@H]2[C@H]1O. The molecule has 1 aliphatic carbocycles. The zero-order valence-electron chi connectivity index (χ0n) is 21.6. The van der Waals surface area contributed by atoms with Crippen molar-refractivity contribution in [1.82, 2.24) is 10.2 Å². The zero-order valence-corrected chi connectivity index (χ0v) is 21.6. The monoisotopic (exact) mass is 542 g/mol. The Balaban J connectivity index is 1.76. The van der Waals surface area contributed by atoms with Gasteiger partial charge in [0.15, 0.2) is 11.5 Å². The zero-order chi connectivity index (χ0) is 28.1. The van der Waals surface area contributed by atoms with Crippen LogP contribution >= 0.6 is 0 Å². The van der Waals surface area contributed by atoms with Gasteiger partial charge in [0, 0.05) is 36.9 Å². The minimum absolute atomic E-state index is 0.0158. The number of aliphatic hydroxyl groups is 2. The molecular weight excluding hydrogens is 511 g/mol. The number of methoxy groups -OCH3 is 2. The van der Waals surface area contributed by atoms with Crippen molar-refractivity contribution < 1.29 is 43.2 Å². The summed E-state index contributed by atoms with van der Waals surface area (Å²) < 4.78 is 30.4. The number of rotatable bonds is 11. The van der Waals surface area contributed by atoms with Gasteiger partial charge in [-0.1, -0.05) is 12.1 Å². The highest BCUT2D eigenvalue weighted by Gasteiger charge is 2.51. The van der Waals surface area contributed by atoms with Gasteiger partial charge in [-0.2, -0.15) is 0 Å². The van der Waals surface area contributed by atoms with E-state index < -0.39 is 41.8 Å². The first-order chi connectivity index (χ1) is 18.8. The average molecular weight is 543 g/mol. The second-order valence-corrected chi connectivity index (χ2v) is 9.30. The number of amides is 2. The van der Waals surface area contributed by atoms with Crippen molar-refractivity contribution >= 4 is 18.1 Å². The summed E-state index contributed by atoms with van der Waals surface area (Å²) in [6.07, 6.45) is 0.158. The van der Waals surface area contributed by atoms with Gasteiger partial charge in [-0.3, -0.25) is 14.4 Å². The number of hydrogen-bond acceptors (Lipinski definition) is 8. The van der Waals surface area contributed by atoms with Gasteiger partial charge in [0.25, 0.3) is 0 Å². The summed E-state index contributed by atoms with van der Waals surface area (Å²) in [5, 5.41) is 23.4. The van der Waals surface area contributed by atoms with Gasteiger partial charge in [0.1, 0.15) is 30.9 Å². The van der Waals surface area contributed by atoms with Crippen LogP contribution in [0.2, 0.25) is 0 Å². The normalized spacial score (nSPS) is 21.2. The second kappa shape index (κ2) is 12.4. The van der Waals surface area contributed by atoms with E-state index in [0.29, 0.717) is 23.0 Å². The predicted molar refractivity (Wildman–Crippen MR) is 137 cm³/mol. The predicted octanol–water partition coefficient (Wildman–Crippen LogP) is 0.987. The Hall–Kier alpha value is -3.80. The molecule has 208 valence electrons. The van der Waals surface area contributed by atoms with Crippen LogP contribution in [0.4, 0.5) is 4.39 Å². The van der Waals surface area contributed by atoms with Crippen LogP contribution in [0, 0.1) is 5.82 Å². The molecule has 10 nitrogen and oxygen atoms in total. The van der Waals surface area contributed by atoms with E-state index in [9.17, 15) is 29.0 Å². The molecule has 2 aliphatic rings. The van der Waals surface area contributed by atoms with E-state index in [2.05, 4.69) is 5.32 Å². The molecule has 1 aliphatic heterocycles. The first kappa shape index (κ1) is 28.2. The van der Waals surface area contributed by atoms with E-state index in [0.717, 1.165) is 0 Å².